The van der Waals surface area contributed by atoms with Gasteiger partial charge in [0, 0.05) is 43.2 Å². The Balaban J connectivity index is 1.40. The number of hydrogen-bond acceptors (Lipinski definition) is 6. The fourth-order valence-electron chi connectivity index (χ4n) is 7.15. The molecule has 42 heavy (non-hydrogen) atoms. The van der Waals surface area contributed by atoms with E-state index in [0.717, 1.165) is 11.3 Å². The predicted octanol–water partition coefficient (Wildman–Crippen LogP) is 3.66. The molecule has 3 amide bonds. The first kappa shape index (κ1) is 28.6. The van der Waals surface area contributed by atoms with E-state index in [2.05, 4.69) is 6.08 Å². The normalized spacial score (nSPS) is 30.2. The van der Waals surface area contributed by atoms with Crippen LogP contribution in [-0.2, 0) is 20.9 Å². The summed E-state index contributed by atoms with van der Waals surface area (Å²) < 4.78 is 3.76. The minimum absolute atomic E-state index is 0.0142. The smallest absolute Gasteiger partial charge is 0.251 e. The fourth-order valence-corrected chi connectivity index (χ4v) is 9.30. The number of amides is 3. The van der Waals surface area contributed by atoms with Crippen LogP contribution in [0.3, 0.4) is 0 Å². The maximum atomic E-state index is 14.6. The third-order valence-electron chi connectivity index (χ3n) is 9.05. The molecule has 0 saturated carbocycles. The van der Waals surface area contributed by atoms with Gasteiger partial charge in [0.15, 0.2) is 0 Å². The molecule has 220 valence electrons. The number of aliphatic hydroxyl groups is 1. The number of anilines is 1. The zero-order valence-corrected chi connectivity index (χ0v) is 24.8. The molecule has 0 aromatic heterocycles. The summed E-state index contributed by atoms with van der Waals surface area (Å²) in [5, 5.41) is 9.47. The molecule has 1 spiro atoms. The van der Waals surface area contributed by atoms with Gasteiger partial charge in [0.1, 0.15) is 11.8 Å². The number of carbonyl (C=O) groups excluding carboxylic acids is 3. The lowest BCUT2D eigenvalue weighted by Crippen LogP contribution is -2.53. The van der Waals surface area contributed by atoms with Crippen molar-refractivity contribution >= 4 is 35.2 Å². The molecule has 0 bridgehead atoms. The highest BCUT2D eigenvalue weighted by Crippen LogP contribution is 2.65. The van der Waals surface area contributed by atoms with Crippen LogP contribution >= 0.6 is 11.8 Å². The van der Waals surface area contributed by atoms with Crippen LogP contribution in [0.25, 0.3) is 0 Å². The Hall–Kier alpha value is -3.56. The van der Waals surface area contributed by atoms with Gasteiger partial charge in [0.25, 0.3) is 5.91 Å². The molecule has 0 radical (unpaired) electrons. The summed E-state index contributed by atoms with van der Waals surface area (Å²) >= 11 is 1.59. The third-order valence-corrected chi connectivity index (χ3v) is 10.8. The monoisotopic (exact) mass is 587 g/mol. The lowest BCUT2D eigenvalue weighted by atomic mass is 9.74. The van der Waals surface area contributed by atoms with Gasteiger partial charge in [-0.2, -0.15) is 0 Å². The van der Waals surface area contributed by atoms with Gasteiger partial charge in [-0.3, -0.25) is 14.4 Å². The molecule has 1 unspecified atom stereocenters. The van der Waals surface area contributed by atoms with Gasteiger partial charge in [-0.1, -0.05) is 54.6 Å². The molecular formula is C33H37N3O5S. The first-order chi connectivity index (χ1) is 20.3. The Morgan fingerprint density at radius 1 is 0.905 bits per heavy atom. The van der Waals surface area contributed by atoms with Crippen molar-refractivity contribution in [1.29, 1.82) is 0 Å². The molecule has 4 aliphatic heterocycles. The van der Waals surface area contributed by atoms with Crippen molar-refractivity contribution in [1.82, 2.24) is 9.80 Å². The van der Waals surface area contributed by atoms with Gasteiger partial charge in [-0.25, -0.2) is 0 Å². The average molecular weight is 588 g/mol. The van der Waals surface area contributed by atoms with E-state index in [9.17, 15) is 19.5 Å². The van der Waals surface area contributed by atoms with Gasteiger partial charge in [-0.15, -0.1) is 11.8 Å². The Morgan fingerprint density at radius 2 is 1.64 bits per heavy atom. The van der Waals surface area contributed by atoms with Gasteiger partial charge in [0.2, 0.25) is 11.8 Å². The molecule has 5 atom stereocenters. The van der Waals surface area contributed by atoms with Gasteiger partial charge in [0.05, 0.1) is 23.7 Å². The highest BCUT2D eigenvalue weighted by Gasteiger charge is 2.73. The summed E-state index contributed by atoms with van der Waals surface area (Å²) in [6.07, 6.45) is 9.25. The molecule has 2 aromatic rings. The number of fused-ring (bicyclic) bond motifs is 2. The Morgan fingerprint density at radius 3 is 2.36 bits per heavy atom. The molecule has 4 heterocycles. The second-order valence-electron chi connectivity index (χ2n) is 11.6. The van der Waals surface area contributed by atoms with E-state index in [4.69, 9.17) is 4.74 Å². The summed E-state index contributed by atoms with van der Waals surface area (Å²) in [4.78, 5) is 48.7. The van der Waals surface area contributed by atoms with E-state index in [-0.39, 0.29) is 24.3 Å². The summed E-state index contributed by atoms with van der Waals surface area (Å²) in [6.45, 7) is 3.69. The first-order valence-electron chi connectivity index (χ1n) is 14.6. The molecule has 8 nitrogen and oxygen atoms in total. The molecule has 2 aromatic carbocycles. The molecular weight excluding hydrogens is 550 g/mol. The van der Waals surface area contributed by atoms with E-state index >= 15 is 0 Å². The minimum atomic E-state index is -0.899. The third kappa shape index (κ3) is 4.63. The molecule has 6 rings (SSSR count). The number of ether oxygens (including phenoxy) is 1. The van der Waals surface area contributed by atoms with E-state index < -0.39 is 27.4 Å². The molecule has 9 heteroatoms. The topological polar surface area (TPSA) is 90.4 Å². The number of thioether (sulfide) groups is 1. The van der Waals surface area contributed by atoms with Gasteiger partial charge >= 0.3 is 0 Å². The first-order valence-corrected chi connectivity index (χ1v) is 15.4. The largest absolute Gasteiger partial charge is 0.497 e. The van der Waals surface area contributed by atoms with Crippen LogP contribution < -0.4 is 9.64 Å². The van der Waals surface area contributed by atoms with Crippen LogP contribution in [0, 0.1) is 11.8 Å². The second kappa shape index (κ2) is 11.3. The summed E-state index contributed by atoms with van der Waals surface area (Å²) in [7, 11) is 1.60. The fraction of sp³-hybridized carbons (Fsp3) is 0.424. The SMILES string of the molecule is COc1ccc(N2CC=C[C@]34S[C@]5(C)C=CCN(Cc6ccccc6)C(=O)[C@@H]5[C@H]3C(=O)N(CCCCO)C4C2=O)cc1. The molecule has 1 N–H and O–H groups in total. The summed E-state index contributed by atoms with van der Waals surface area (Å²) in [6, 6.07) is 16.5. The van der Waals surface area contributed by atoms with Crippen LogP contribution in [-0.4, -0.2) is 81.5 Å². The van der Waals surface area contributed by atoms with Crippen LogP contribution in [0.15, 0.2) is 78.9 Å². The lowest BCUT2D eigenvalue weighted by Gasteiger charge is -2.37. The van der Waals surface area contributed by atoms with E-state index in [1.54, 1.807) is 28.7 Å². The second-order valence-corrected chi connectivity index (χ2v) is 13.4. The van der Waals surface area contributed by atoms with E-state index in [0.29, 0.717) is 44.8 Å². The molecule has 2 fully saturated rings. The summed E-state index contributed by atoms with van der Waals surface area (Å²) in [5.74, 6) is -0.974. The number of hydrogen-bond donors (Lipinski definition) is 1. The molecule has 4 aliphatic rings. The number of methoxy groups -OCH3 is 1. The Labute approximate surface area is 251 Å². The number of carbonyl (C=O) groups is 3. The van der Waals surface area contributed by atoms with Crippen molar-refractivity contribution in [2.75, 3.05) is 38.3 Å². The van der Waals surface area contributed by atoms with Crippen molar-refractivity contribution in [2.45, 2.75) is 41.8 Å². The van der Waals surface area contributed by atoms with Crippen LogP contribution in [0.1, 0.15) is 25.3 Å². The zero-order chi connectivity index (χ0) is 29.5. The van der Waals surface area contributed by atoms with Crippen LogP contribution in [0.4, 0.5) is 5.69 Å². The number of rotatable bonds is 8. The predicted molar refractivity (Wildman–Crippen MR) is 163 cm³/mol. The number of likely N-dealkylation sites (tertiary alicyclic amines) is 1. The van der Waals surface area contributed by atoms with Crippen LogP contribution in [0.2, 0.25) is 0 Å². The van der Waals surface area contributed by atoms with Crippen molar-refractivity contribution in [3.63, 3.8) is 0 Å². The highest BCUT2D eigenvalue weighted by molar-refractivity contribution is 8.02. The Bertz CT molecular complexity index is 1410. The maximum absolute atomic E-state index is 14.6. The lowest BCUT2D eigenvalue weighted by molar-refractivity contribution is -0.144. The molecule has 2 saturated heterocycles. The zero-order valence-electron chi connectivity index (χ0n) is 24.0. The average Bonchev–Trinajstić information content (AvgIpc) is 3.26. The number of unbranched alkanes of at least 4 members (excludes halogenated alkanes) is 1. The highest BCUT2D eigenvalue weighted by atomic mass is 32.2. The van der Waals surface area contributed by atoms with Crippen molar-refractivity contribution in [2.24, 2.45) is 11.8 Å². The van der Waals surface area contributed by atoms with E-state index in [1.807, 2.05) is 84.6 Å². The van der Waals surface area contributed by atoms with Gasteiger partial charge < -0.3 is 24.5 Å². The number of aliphatic hydroxyl groups excluding tert-OH is 1. The standard InChI is InChI=1S/C33H37N3O5S/c1-32-16-8-18-34(22-23-10-4-3-5-11-23)29(38)26(32)27-30(39)36(19-6-7-21-37)28-31(40)35(20-9-17-33(27,28)42-32)24-12-14-25(41-2)15-13-24/h3-5,8-17,26-28,37H,6-7,18-22H2,1-2H3/t26-,27-,28?,32+,33-/m0/s1. The Kier molecular flexibility index (Phi) is 7.66. The minimum Gasteiger partial charge on any atom is -0.497 e. The van der Waals surface area contributed by atoms with Crippen molar-refractivity contribution in [3.05, 3.63) is 84.5 Å². The molecule has 0 aliphatic carbocycles. The van der Waals surface area contributed by atoms with Crippen molar-refractivity contribution in [3.8, 4) is 5.75 Å². The quantitative estimate of drug-likeness (QED) is 0.375. The van der Waals surface area contributed by atoms with Crippen LogP contribution in [0.5, 0.6) is 5.75 Å². The number of nitrogens with zero attached hydrogens (tertiary/aromatic N) is 3. The summed E-state index contributed by atoms with van der Waals surface area (Å²) in [5.41, 5.74) is 1.76. The van der Waals surface area contributed by atoms with E-state index in [1.165, 1.54) is 0 Å². The number of benzene rings is 2. The van der Waals surface area contributed by atoms with Gasteiger partial charge in [-0.05, 0) is 49.6 Å². The van der Waals surface area contributed by atoms with Crippen molar-refractivity contribution < 1.29 is 24.2 Å². The maximum Gasteiger partial charge on any atom is 0.251 e.